The van der Waals surface area contributed by atoms with E-state index in [0.29, 0.717) is 15.3 Å². The second-order valence-corrected chi connectivity index (χ2v) is 5.53. The van der Waals surface area contributed by atoms with E-state index in [9.17, 15) is 4.79 Å². The van der Waals surface area contributed by atoms with Crippen LogP contribution in [0.4, 0.5) is 0 Å². The Bertz CT molecular complexity index is 405. The fourth-order valence-electron chi connectivity index (χ4n) is 2.00. The van der Waals surface area contributed by atoms with Gasteiger partial charge in [0.05, 0.1) is 4.47 Å². The zero-order chi connectivity index (χ0) is 11.5. The number of Topliss-reactive ketones (excluding diaryl/α,β-unsaturated/α-hetero) is 1. The van der Waals surface area contributed by atoms with E-state index >= 15 is 0 Å². The molecule has 0 N–H and O–H groups in total. The first-order chi connectivity index (χ1) is 7.72. The molecule has 2 rings (SSSR count). The molecule has 1 aromatic heterocycles. The molecule has 16 heavy (non-hydrogen) atoms. The second-order valence-electron chi connectivity index (χ2n) is 3.90. The summed E-state index contributed by atoms with van der Waals surface area (Å²) in [5.74, 6) is 0.336. The van der Waals surface area contributed by atoms with Crippen molar-refractivity contribution in [2.24, 2.45) is 5.92 Å². The van der Waals surface area contributed by atoms with Crippen molar-refractivity contribution in [2.75, 3.05) is 6.26 Å². The fraction of sp³-hybridized carbons (Fsp3) is 0.545. The van der Waals surface area contributed by atoms with Gasteiger partial charge in [0.2, 0.25) is 0 Å². The molecule has 0 saturated heterocycles. The fourth-order valence-corrected chi connectivity index (χ4v) is 2.73. The zero-order valence-corrected chi connectivity index (χ0v) is 11.5. The molecule has 1 aliphatic carbocycles. The summed E-state index contributed by atoms with van der Waals surface area (Å²) in [5, 5.41) is 0.657. The van der Waals surface area contributed by atoms with E-state index in [2.05, 4.69) is 25.9 Å². The predicted molar refractivity (Wildman–Crippen MR) is 67.8 cm³/mol. The SMILES string of the molecule is CSc1ncc(Br)c(C(=O)C2CCCC2)n1. The Balaban J connectivity index is 2.27. The minimum absolute atomic E-state index is 0.168. The van der Waals surface area contributed by atoms with Gasteiger partial charge in [0, 0.05) is 12.1 Å². The molecule has 0 atom stereocenters. The molecule has 0 bridgehead atoms. The molecular formula is C11H13BrN2OS. The molecule has 0 unspecified atom stereocenters. The molecule has 5 heteroatoms. The average molecular weight is 301 g/mol. The number of thioether (sulfide) groups is 1. The minimum Gasteiger partial charge on any atom is -0.292 e. The number of rotatable bonds is 3. The highest BCUT2D eigenvalue weighted by molar-refractivity contribution is 9.10. The third-order valence-corrected chi connectivity index (χ3v) is 4.01. The molecular weight excluding hydrogens is 288 g/mol. The summed E-state index contributed by atoms with van der Waals surface area (Å²) >= 11 is 4.81. The van der Waals surface area contributed by atoms with Gasteiger partial charge in [-0.1, -0.05) is 24.6 Å². The van der Waals surface area contributed by atoms with Gasteiger partial charge >= 0.3 is 0 Å². The first-order valence-electron chi connectivity index (χ1n) is 5.33. The summed E-state index contributed by atoms with van der Waals surface area (Å²) in [7, 11) is 0. The lowest BCUT2D eigenvalue weighted by Gasteiger charge is -2.09. The van der Waals surface area contributed by atoms with E-state index in [1.54, 1.807) is 6.20 Å². The predicted octanol–water partition coefficient (Wildman–Crippen LogP) is 3.33. The van der Waals surface area contributed by atoms with Crippen LogP contribution in [0.3, 0.4) is 0 Å². The normalized spacial score (nSPS) is 16.6. The summed E-state index contributed by atoms with van der Waals surface area (Å²) < 4.78 is 0.710. The molecule has 0 amide bonds. The Kier molecular flexibility index (Phi) is 3.97. The summed E-state index contributed by atoms with van der Waals surface area (Å²) in [4.78, 5) is 20.6. The molecule has 86 valence electrons. The average Bonchev–Trinajstić information content (AvgIpc) is 2.82. The Morgan fingerprint density at radius 1 is 1.50 bits per heavy atom. The van der Waals surface area contributed by atoms with Crippen molar-refractivity contribution in [3.05, 3.63) is 16.4 Å². The van der Waals surface area contributed by atoms with Crippen LogP contribution in [0.15, 0.2) is 15.8 Å². The third-order valence-electron chi connectivity index (χ3n) is 2.86. The Morgan fingerprint density at radius 3 is 2.81 bits per heavy atom. The third kappa shape index (κ3) is 2.46. The molecule has 1 saturated carbocycles. The molecule has 0 aromatic carbocycles. The standard InChI is InChI=1S/C11H13BrN2OS/c1-16-11-13-6-8(12)9(14-11)10(15)7-4-2-3-5-7/h6-7H,2-5H2,1H3. The zero-order valence-electron chi connectivity index (χ0n) is 9.07. The van der Waals surface area contributed by atoms with Crippen LogP contribution in [0.5, 0.6) is 0 Å². The van der Waals surface area contributed by atoms with Gasteiger partial charge in [0.15, 0.2) is 10.9 Å². The number of hydrogen-bond donors (Lipinski definition) is 0. The van der Waals surface area contributed by atoms with Crippen LogP contribution in [-0.4, -0.2) is 22.0 Å². The van der Waals surface area contributed by atoms with Gasteiger partial charge in [0.25, 0.3) is 0 Å². The van der Waals surface area contributed by atoms with E-state index in [-0.39, 0.29) is 11.7 Å². The van der Waals surface area contributed by atoms with Gasteiger partial charge in [0.1, 0.15) is 5.69 Å². The number of ketones is 1. The van der Waals surface area contributed by atoms with Gasteiger partial charge in [-0.25, -0.2) is 9.97 Å². The summed E-state index contributed by atoms with van der Waals surface area (Å²) in [5.41, 5.74) is 0.547. The topological polar surface area (TPSA) is 42.9 Å². The van der Waals surface area contributed by atoms with Crippen LogP contribution in [0.2, 0.25) is 0 Å². The number of nitrogens with zero attached hydrogens (tertiary/aromatic N) is 2. The first-order valence-corrected chi connectivity index (χ1v) is 7.35. The molecule has 0 spiro atoms. The number of halogens is 1. The number of hydrogen-bond acceptors (Lipinski definition) is 4. The summed E-state index contributed by atoms with van der Waals surface area (Å²) in [6, 6.07) is 0. The second kappa shape index (κ2) is 5.27. The number of aromatic nitrogens is 2. The molecule has 1 fully saturated rings. The molecule has 1 aliphatic rings. The van der Waals surface area contributed by atoms with E-state index in [0.717, 1.165) is 25.7 Å². The quantitative estimate of drug-likeness (QED) is 0.488. The monoisotopic (exact) mass is 300 g/mol. The van der Waals surface area contributed by atoms with Gasteiger partial charge in [-0.15, -0.1) is 0 Å². The lowest BCUT2D eigenvalue weighted by atomic mass is 10.0. The van der Waals surface area contributed by atoms with Crippen molar-refractivity contribution in [1.82, 2.24) is 9.97 Å². The Morgan fingerprint density at radius 2 is 2.19 bits per heavy atom. The van der Waals surface area contributed by atoms with Crippen molar-refractivity contribution >= 4 is 33.5 Å². The minimum atomic E-state index is 0.168. The van der Waals surface area contributed by atoms with E-state index in [1.807, 2.05) is 6.26 Å². The van der Waals surface area contributed by atoms with Crippen molar-refractivity contribution in [3.8, 4) is 0 Å². The van der Waals surface area contributed by atoms with Gasteiger partial charge < -0.3 is 0 Å². The van der Waals surface area contributed by atoms with Crippen molar-refractivity contribution in [3.63, 3.8) is 0 Å². The van der Waals surface area contributed by atoms with Crippen molar-refractivity contribution in [2.45, 2.75) is 30.8 Å². The van der Waals surface area contributed by atoms with Crippen molar-refractivity contribution < 1.29 is 4.79 Å². The maximum atomic E-state index is 12.2. The van der Waals surface area contributed by atoms with Crippen LogP contribution in [-0.2, 0) is 0 Å². The van der Waals surface area contributed by atoms with Crippen LogP contribution in [0.1, 0.15) is 36.2 Å². The highest BCUT2D eigenvalue weighted by Crippen LogP contribution is 2.30. The largest absolute Gasteiger partial charge is 0.292 e. The molecule has 0 aliphatic heterocycles. The van der Waals surface area contributed by atoms with Crippen molar-refractivity contribution in [1.29, 1.82) is 0 Å². The van der Waals surface area contributed by atoms with E-state index in [4.69, 9.17) is 0 Å². The molecule has 3 nitrogen and oxygen atoms in total. The maximum Gasteiger partial charge on any atom is 0.187 e. The van der Waals surface area contributed by atoms with Gasteiger partial charge in [-0.2, -0.15) is 0 Å². The van der Waals surface area contributed by atoms with Crippen LogP contribution in [0, 0.1) is 5.92 Å². The first kappa shape index (κ1) is 12.0. The van der Waals surface area contributed by atoms with Crippen LogP contribution < -0.4 is 0 Å². The Hall–Kier alpha value is -0.420. The lowest BCUT2D eigenvalue weighted by Crippen LogP contribution is -2.14. The van der Waals surface area contributed by atoms with E-state index < -0.39 is 0 Å². The smallest absolute Gasteiger partial charge is 0.187 e. The maximum absolute atomic E-state index is 12.2. The molecule has 1 aromatic rings. The molecule has 1 heterocycles. The summed E-state index contributed by atoms with van der Waals surface area (Å²) in [6.07, 6.45) is 7.91. The number of carbonyl (C=O) groups is 1. The van der Waals surface area contributed by atoms with Crippen LogP contribution in [0.25, 0.3) is 0 Å². The molecule has 0 radical (unpaired) electrons. The van der Waals surface area contributed by atoms with E-state index in [1.165, 1.54) is 11.8 Å². The van der Waals surface area contributed by atoms with Crippen LogP contribution >= 0.6 is 27.7 Å². The highest BCUT2D eigenvalue weighted by atomic mass is 79.9. The highest BCUT2D eigenvalue weighted by Gasteiger charge is 2.26. The number of carbonyl (C=O) groups excluding carboxylic acids is 1. The van der Waals surface area contributed by atoms with Gasteiger partial charge in [-0.3, -0.25) is 4.79 Å². The van der Waals surface area contributed by atoms with Gasteiger partial charge in [-0.05, 0) is 35.0 Å². The summed E-state index contributed by atoms with van der Waals surface area (Å²) in [6.45, 7) is 0. The Labute approximate surface area is 108 Å². The lowest BCUT2D eigenvalue weighted by molar-refractivity contribution is 0.0916.